The summed E-state index contributed by atoms with van der Waals surface area (Å²) in [5.74, 6) is -1.12. The Balaban J connectivity index is 2.06. The van der Waals surface area contributed by atoms with Crippen molar-refractivity contribution in [2.24, 2.45) is 0 Å². The Bertz CT molecular complexity index is 446. The number of benzene rings is 1. The zero-order chi connectivity index (χ0) is 12.5. The van der Waals surface area contributed by atoms with Crippen molar-refractivity contribution in [2.75, 3.05) is 0 Å². The van der Waals surface area contributed by atoms with Crippen LogP contribution in [0.3, 0.4) is 0 Å². The van der Waals surface area contributed by atoms with Crippen LogP contribution in [0.2, 0.25) is 0 Å². The van der Waals surface area contributed by atoms with E-state index in [-0.39, 0.29) is 17.0 Å². The van der Waals surface area contributed by atoms with Crippen LogP contribution in [0, 0.1) is 0 Å². The van der Waals surface area contributed by atoms with Crippen molar-refractivity contribution in [1.29, 1.82) is 0 Å². The number of rotatable bonds is 3. The van der Waals surface area contributed by atoms with Crippen molar-refractivity contribution >= 4 is 11.9 Å². The maximum atomic E-state index is 11.9. The van der Waals surface area contributed by atoms with Gasteiger partial charge in [-0.15, -0.1) is 0 Å². The second-order valence-corrected chi connectivity index (χ2v) is 4.75. The lowest BCUT2D eigenvalue weighted by molar-refractivity contribution is 0.0695. The number of amides is 1. The van der Waals surface area contributed by atoms with Crippen LogP contribution in [0.25, 0.3) is 0 Å². The third-order valence-electron chi connectivity index (χ3n) is 3.27. The topological polar surface area (TPSA) is 66.4 Å². The third kappa shape index (κ3) is 2.46. The van der Waals surface area contributed by atoms with Gasteiger partial charge in [0.25, 0.3) is 5.91 Å². The number of carboxylic acid groups (broad SMARTS) is 1. The number of aromatic carboxylic acids is 1. The van der Waals surface area contributed by atoms with Crippen LogP contribution in [-0.4, -0.2) is 22.5 Å². The Kier molecular flexibility index (Phi) is 2.88. The Labute approximate surface area is 99.6 Å². The standard InChI is InChI=1S/C13H15NO3/c1-13(7-2-8-13)14-11(15)9-3-5-10(6-4-9)12(16)17/h3-6H,2,7-8H2,1H3,(H,14,15)(H,16,17). The highest BCUT2D eigenvalue weighted by Gasteiger charge is 2.33. The highest BCUT2D eigenvalue weighted by Crippen LogP contribution is 2.31. The molecule has 4 heteroatoms. The van der Waals surface area contributed by atoms with E-state index in [1.54, 1.807) is 12.1 Å². The monoisotopic (exact) mass is 233 g/mol. The van der Waals surface area contributed by atoms with Crippen LogP contribution in [0.4, 0.5) is 0 Å². The molecular formula is C13H15NO3. The molecule has 1 aliphatic rings. The fourth-order valence-corrected chi connectivity index (χ4v) is 1.94. The van der Waals surface area contributed by atoms with Crippen LogP contribution >= 0.6 is 0 Å². The number of hydrogen-bond acceptors (Lipinski definition) is 2. The zero-order valence-electron chi connectivity index (χ0n) is 9.69. The maximum absolute atomic E-state index is 11.9. The summed E-state index contributed by atoms with van der Waals surface area (Å²) >= 11 is 0. The number of hydrogen-bond donors (Lipinski definition) is 2. The van der Waals surface area contributed by atoms with Crippen LogP contribution in [0.1, 0.15) is 46.9 Å². The minimum atomic E-state index is -0.983. The summed E-state index contributed by atoms with van der Waals surface area (Å²) in [6.45, 7) is 2.03. The molecule has 90 valence electrons. The van der Waals surface area contributed by atoms with Crippen molar-refractivity contribution in [3.63, 3.8) is 0 Å². The molecule has 2 N–H and O–H groups in total. The van der Waals surface area contributed by atoms with E-state index in [1.807, 2.05) is 6.92 Å². The predicted octanol–water partition coefficient (Wildman–Crippen LogP) is 2.06. The minimum Gasteiger partial charge on any atom is -0.478 e. The summed E-state index contributed by atoms with van der Waals surface area (Å²) in [5.41, 5.74) is 0.613. The van der Waals surface area contributed by atoms with Gasteiger partial charge >= 0.3 is 5.97 Å². The molecule has 0 bridgehead atoms. The molecule has 0 radical (unpaired) electrons. The smallest absolute Gasteiger partial charge is 0.335 e. The SMILES string of the molecule is CC1(NC(=O)c2ccc(C(=O)O)cc2)CCC1. The predicted molar refractivity (Wildman–Crippen MR) is 63.1 cm³/mol. The molecule has 0 atom stereocenters. The van der Waals surface area contributed by atoms with E-state index >= 15 is 0 Å². The van der Waals surface area contributed by atoms with Crippen molar-refractivity contribution in [1.82, 2.24) is 5.32 Å². The highest BCUT2D eigenvalue weighted by molar-refractivity contribution is 5.96. The summed E-state index contributed by atoms with van der Waals surface area (Å²) in [5, 5.41) is 11.7. The molecule has 1 amide bonds. The lowest BCUT2D eigenvalue weighted by Crippen LogP contribution is -2.50. The van der Waals surface area contributed by atoms with Gasteiger partial charge in [-0.1, -0.05) is 0 Å². The molecule has 1 saturated carbocycles. The van der Waals surface area contributed by atoms with E-state index in [0.29, 0.717) is 5.56 Å². The van der Waals surface area contributed by atoms with Gasteiger partial charge in [-0.05, 0) is 50.5 Å². The Morgan fingerprint density at radius 3 is 2.12 bits per heavy atom. The second-order valence-electron chi connectivity index (χ2n) is 4.75. The number of carbonyl (C=O) groups excluding carboxylic acids is 1. The van der Waals surface area contributed by atoms with Crippen LogP contribution < -0.4 is 5.32 Å². The first kappa shape index (κ1) is 11.6. The Morgan fingerprint density at radius 1 is 1.18 bits per heavy atom. The Morgan fingerprint density at radius 2 is 1.71 bits per heavy atom. The molecular weight excluding hydrogens is 218 g/mol. The molecule has 17 heavy (non-hydrogen) atoms. The average molecular weight is 233 g/mol. The molecule has 0 spiro atoms. The first-order chi connectivity index (χ1) is 8.00. The molecule has 0 heterocycles. The van der Waals surface area contributed by atoms with E-state index in [4.69, 9.17) is 5.11 Å². The molecule has 2 rings (SSSR count). The highest BCUT2D eigenvalue weighted by atomic mass is 16.4. The van der Waals surface area contributed by atoms with Gasteiger partial charge < -0.3 is 10.4 Å². The fourth-order valence-electron chi connectivity index (χ4n) is 1.94. The van der Waals surface area contributed by atoms with Gasteiger partial charge in [0, 0.05) is 11.1 Å². The van der Waals surface area contributed by atoms with E-state index in [9.17, 15) is 9.59 Å². The molecule has 0 aromatic heterocycles. The molecule has 1 aromatic carbocycles. The molecule has 0 saturated heterocycles. The van der Waals surface area contributed by atoms with Gasteiger partial charge in [-0.25, -0.2) is 4.79 Å². The van der Waals surface area contributed by atoms with E-state index < -0.39 is 5.97 Å². The zero-order valence-corrected chi connectivity index (χ0v) is 9.69. The summed E-state index contributed by atoms with van der Waals surface area (Å²) in [7, 11) is 0. The number of carbonyl (C=O) groups is 2. The summed E-state index contributed by atoms with van der Waals surface area (Å²) in [4.78, 5) is 22.5. The van der Waals surface area contributed by atoms with Crippen LogP contribution in [0.15, 0.2) is 24.3 Å². The van der Waals surface area contributed by atoms with Gasteiger partial charge in [-0.2, -0.15) is 0 Å². The number of carboxylic acids is 1. The summed E-state index contributed by atoms with van der Waals surface area (Å²) < 4.78 is 0. The number of nitrogens with one attached hydrogen (secondary N) is 1. The van der Waals surface area contributed by atoms with Gasteiger partial charge in [0.1, 0.15) is 0 Å². The second kappa shape index (κ2) is 4.20. The minimum absolute atomic E-state index is 0.0808. The lowest BCUT2D eigenvalue weighted by Gasteiger charge is -2.39. The first-order valence-corrected chi connectivity index (χ1v) is 5.66. The molecule has 4 nitrogen and oxygen atoms in total. The average Bonchev–Trinajstić information content (AvgIpc) is 2.27. The van der Waals surface area contributed by atoms with Crippen LogP contribution in [0.5, 0.6) is 0 Å². The largest absolute Gasteiger partial charge is 0.478 e. The van der Waals surface area contributed by atoms with Gasteiger partial charge in [0.15, 0.2) is 0 Å². The van der Waals surface area contributed by atoms with Crippen molar-refractivity contribution < 1.29 is 14.7 Å². The fraction of sp³-hybridized carbons (Fsp3) is 0.385. The van der Waals surface area contributed by atoms with Crippen molar-refractivity contribution in [2.45, 2.75) is 31.7 Å². The molecule has 0 unspecified atom stereocenters. The van der Waals surface area contributed by atoms with Gasteiger partial charge in [0.05, 0.1) is 5.56 Å². The summed E-state index contributed by atoms with van der Waals surface area (Å²) in [6.07, 6.45) is 3.16. The van der Waals surface area contributed by atoms with Crippen molar-refractivity contribution in [3.05, 3.63) is 35.4 Å². The van der Waals surface area contributed by atoms with Crippen LogP contribution in [-0.2, 0) is 0 Å². The lowest BCUT2D eigenvalue weighted by atomic mass is 9.78. The molecule has 1 aromatic rings. The van der Waals surface area contributed by atoms with Crippen molar-refractivity contribution in [3.8, 4) is 0 Å². The van der Waals surface area contributed by atoms with E-state index in [0.717, 1.165) is 19.3 Å². The molecule has 0 aliphatic heterocycles. The quantitative estimate of drug-likeness (QED) is 0.839. The van der Waals surface area contributed by atoms with Gasteiger partial charge in [-0.3, -0.25) is 4.79 Å². The van der Waals surface area contributed by atoms with E-state index in [1.165, 1.54) is 12.1 Å². The third-order valence-corrected chi connectivity index (χ3v) is 3.27. The first-order valence-electron chi connectivity index (χ1n) is 5.66. The molecule has 1 aliphatic carbocycles. The normalized spacial score (nSPS) is 17.0. The Hall–Kier alpha value is -1.84. The maximum Gasteiger partial charge on any atom is 0.335 e. The van der Waals surface area contributed by atoms with Gasteiger partial charge in [0.2, 0.25) is 0 Å². The van der Waals surface area contributed by atoms with E-state index in [2.05, 4.69) is 5.32 Å². The molecule has 1 fully saturated rings. The summed E-state index contributed by atoms with van der Waals surface area (Å²) in [6, 6.07) is 5.97.